The maximum atomic E-state index is 5.39. The zero-order chi connectivity index (χ0) is 17.3. The first-order valence-corrected chi connectivity index (χ1v) is 8.55. The van der Waals surface area contributed by atoms with Crippen molar-refractivity contribution >= 4 is 17.5 Å². The molecule has 0 saturated carbocycles. The number of aromatic nitrogens is 4. The van der Waals surface area contributed by atoms with Gasteiger partial charge in [-0.25, -0.2) is 4.98 Å². The van der Waals surface area contributed by atoms with Gasteiger partial charge in [0.15, 0.2) is 16.7 Å². The summed E-state index contributed by atoms with van der Waals surface area (Å²) in [6.07, 6.45) is 0. The van der Waals surface area contributed by atoms with E-state index >= 15 is 0 Å². The maximum absolute atomic E-state index is 5.39. The number of thioether (sulfide) groups is 1. The molecule has 0 aliphatic rings. The third kappa shape index (κ3) is 3.03. The molecule has 0 spiro atoms. The largest absolute Gasteiger partial charge is 0.493 e. The molecule has 0 bridgehead atoms. The molecule has 2 heterocycles. The first-order chi connectivity index (χ1) is 11.5. The van der Waals surface area contributed by atoms with Gasteiger partial charge in [0.05, 0.1) is 14.2 Å². The minimum absolute atomic E-state index is 0.638. The molecule has 7 heteroatoms. The van der Waals surface area contributed by atoms with E-state index in [2.05, 4.69) is 22.1 Å². The second-order valence-electron chi connectivity index (χ2n) is 5.58. The van der Waals surface area contributed by atoms with Crippen LogP contribution in [-0.2, 0) is 5.75 Å². The van der Waals surface area contributed by atoms with E-state index in [0.717, 1.165) is 39.4 Å². The van der Waals surface area contributed by atoms with Crippen LogP contribution in [0.3, 0.4) is 0 Å². The van der Waals surface area contributed by atoms with E-state index in [1.807, 2.05) is 36.4 Å². The highest BCUT2D eigenvalue weighted by Crippen LogP contribution is 2.33. The Labute approximate surface area is 145 Å². The fourth-order valence-corrected chi connectivity index (χ4v) is 3.66. The molecule has 0 aliphatic heterocycles. The third-order valence-corrected chi connectivity index (χ3v) is 4.84. The molecule has 126 valence electrons. The molecule has 0 atom stereocenters. The van der Waals surface area contributed by atoms with Crippen LogP contribution >= 0.6 is 11.8 Å². The molecule has 3 aromatic rings. The SMILES string of the molecule is COc1cc(C)c(CSc2nnc3nc(C)cc(C)n23)cc1OC. The zero-order valence-electron chi connectivity index (χ0n) is 14.5. The quantitative estimate of drug-likeness (QED) is 0.662. The number of hydrogen-bond acceptors (Lipinski definition) is 6. The van der Waals surface area contributed by atoms with Crippen molar-refractivity contribution in [2.24, 2.45) is 0 Å². The molecule has 0 fully saturated rings. The van der Waals surface area contributed by atoms with E-state index in [4.69, 9.17) is 9.47 Å². The van der Waals surface area contributed by atoms with Crippen molar-refractivity contribution in [2.45, 2.75) is 31.7 Å². The lowest BCUT2D eigenvalue weighted by Crippen LogP contribution is -1.98. The van der Waals surface area contributed by atoms with Crippen molar-refractivity contribution < 1.29 is 9.47 Å². The molecule has 0 N–H and O–H groups in total. The Balaban J connectivity index is 1.89. The van der Waals surface area contributed by atoms with E-state index < -0.39 is 0 Å². The number of benzene rings is 1. The van der Waals surface area contributed by atoms with E-state index in [9.17, 15) is 0 Å². The molecule has 0 radical (unpaired) electrons. The predicted octanol–water partition coefficient (Wildman–Crippen LogP) is 3.36. The van der Waals surface area contributed by atoms with Crippen LogP contribution in [0.15, 0.2) is 23.4 Å². The zero-order valence-corrected chi connectivity index (χ0v) is 15.3. The number of methoxy groups -OCH3 is 2. The highest BCUT2D eigenvalue weighted by Gasteiger charge is 2.13. The van der Waals surface area contributed by atoms with Gasteiger partial charge in [-0.05, 0) is 50.1 Å². The van der Waals surface area contributed by atoms with Crippen molar-refractivity contribution in [3.05, 3.63) is 40.7 Å². The van der Waals surface area contributed by atoms with E-state index in [0.29, 0.717) is 5.78 Å². The molecule has 0 aliphatic carbocycles. The topological polar surface area (TPSA) is 61.5 Å². The first kappa shape index (κ1) is 16.6. The summed E-state index contributed by atoms with van der Waals surface area (Å²) in [7, 11) is 3.29. The van der Waals surface area contributed by atoms with Gasteiger partial charge in [-0.3, -0.25) is 4.40 Å². The van der Waals surface area contributed by atoms with Crippen LogP contribution in [0.25, 0.3) is 5.78 Å². The lowest BCUT2D eigenvalue weighted by atomic mass is 10.1. The van der Waals surface area contributed by atoms with Crippen LogP contribution in [0.4, 0.5) is 0 Å². The van der Waals surface area contributed by atoms with Crippen LogP contribution in [0.5, 0.6) is 11.5 Å². The summed E-state index contributed by atoms with van der Waals surface area (Å²) in [6.45, 7) is 6.06. The molecule has 3 rings (SSSR count). The Morgan fingerprint density at radius 2 is 1.71 bits per heavy atom. The highest BCUT2D eigenvalue weighted by atomic mass is 32.2. The summed E-state index contributed by atoms with van der Waals surface area (Å²) >= 11 is 1.63. The Morgan fingerprint density at radius 3 is 2.42 bits per heavy atom. The number of nitrogens with zero attached hydrogens (tertiary/aromatic N) is 4. The molecule has 24 heavy (non-hydrogen) atoms. The van der Waals surface area contributed by atoms with E-state index in [1.165, 1.54) is 5.56 Å². The second-order valence-corrected chi connectivity index (χ2v) is 6.52. The van der Waals surface area contributed by atoms with Gasteiger partial charge in [0.2, 0.25) is 0 Å². The van der Waals surface area contributed by atoms with Crippen LogP contribution in [0, 0.1) is 20.8 Å². The van der Waals surface area contributed by atoms with Crippen LogP contribution < -0.4 is 9.47 Å². The van der Waals surface area contributed by atoms with Crippen molar-refractivity contribution in [2.75, 3.05) is 14.2 Å². The van der Waals surface area contributed by atoms with Crippen LogP contribution in [0.2, 0.25) is 0 Å². The average molecular weight is 344 g/mol. The van der Waals surface area contributed by atoms with Gasteiger partial charge in [-0.15, -0.1) is 10.2 Å². The van der Waals surface area contributed by atoms with E-state index in [1.54, 1.807) is 26.0 Å². The predicted molar refractivity (Wildman–Crippen MR) is 94.1 cm³/mol. The summed E-state index contributed by atoms with van der Waals surface area (Å²) in [6, 6.07) is 6.04. The molecule has 6 nitrogen and oxygen atoms in total. The summed E-state index contributed by atoms with van der Waals surface area (Å²) in [5.41, 5.74) is 4.35. The third-order valence-electron chi connectivity index (χ3n) is 3.86. The van der Waals surface area contributed by atoms with Gasteiger partial charge in [-0.1, -0.05) is 11.8 Å². The Bertz CT molecular complexity index is 892. The summed E-state index contributed by atoms with van der Waals surface area (Å²) < 4.78 is 12.7. The van der Waals surface area contributed by atoms with Crippen molar-refractivity contribution in [3.63, 3.8) is 0 Å². The second kappa shape index (κ2) is 6.68. The lowest BCUT2D eigenvalue weighted by Gasteiger charge is -2.12. The Kier molecular flexibility index (Phi) is 4.62. The number of rotatable bonds is 5. The van der Waals surface area contributed by atoms with Gasteiger partial charge >= 0.3 is 0 Å². The summed E-state index contributed by atoms with van der Waals surface area (Å²) in [5, 5.41) is 9.29. The van der Waals surface area contributed by atoms with Gasteiger partial charge in [0.1, 0.15) is 0 Å². The van der Waals surface area contributed by atoms with Crippen molar-refractivity contribution in [1.29, 1.82) is 0 Å². The number of aryl methyl sites for hydroxylation is 3. The Hall–Kier alpha value is -2.28. The number of ether oxygens (including phenoxy) is 2. The number of fused-ring (bicyclic) bond motifs is 1. The molecular weight excluding hydrogens is 324 g/mol. The number of hydrogen-bond donors (Lipinski definition) is 0. The van der Waals surface area contributed by atoms with Gasteiger partial charge in [-0.2, -0.15) is 0 Å². The van der Waals surface area contributed by atoms with Crippen LogP contribution in [-0.4, -0.2) is 33.8 Å². The van der Waals surface area contributed by atoms with Gasteiger partial charge < -0.3 is 9.47 Å². The first-order valence-electron chi connectivity index (χ1n) is 7.57. The highest BCUT2D eigenvalue weighted by molar-refractivity contribution is 7.98. The molecule has 2 aromatic heterocycles. The summed E-state index contributed by atoms with van der Waals surface area (Å²) in [5.74, 6) is 2.88. The normalized spacial score (nSPS) is 11.0. The molecule has 1 aromatic carbocycles. The fourth-order valence-electron chi connectivity index (χ4n) is 2.61. The van der Waals surface area contributed by atoms with Gasteiger partial charge in [0, 0.05) is 17.1 Å². The minimum atomic E-state index is 0.638. The molecule has 0 unspecified atom stereocenters. The van der Waals surface area contributed by atoms with E-state index in [-0.39, 0.29) is 0 Å². The molecular formula is C17H20N4O2S. The summed E-state index contributed by atoms with van der Waals surface area (Å²) in [4.78, 5) is 4.42. The minimum Gasteiger partial charge on any atom is -0.493 e. The van der Waals surface area contributed by atoms with Crippen molar-refractivity contribution in [1.82, 2.24) is 19.6 Å². The maximum Gasteiger partial charge on any atom is 0.256 e. The van der Waals surface area contributed by atoms with Crippen molar-refractivity contribution in [3.8, 4) is 11.5 Å². The van der Waals surface area contributed by atoms with Gasteiger partial charge in [0.25, 0.3) is 5.78 Å². The standard InChI is InChI=1S/C17H20N4O2S/c1-10-6-14(22-4)15(23-5)8-13(10)9-24-17-20-19-16-18-11(2)7-12(3)21(16)17/h6-8H,9H2,1-5H3. The fraction of sp³-hybridized carbons (Fsp3) is 0.353. The smallest absolute Gasteiger partial charge is 0.256 e. The van der Waals surface area contributed by atoms with Crippen LogP contribution in [0.1, 0.15) is 22.5 Å². The lowest BCUT2D eigenvalue weighted by molar-refractivity contribution is 0.354. The monoisotopic (exact) mass is 344 g/mol. The molecule has 0 saturated heterocycles. The Morgan fingerprint density at radius 1 is 1.00 bits per heavy atom. The molecule has 0 amide bonds. The average Bonchev–Trinajstić information content (AvgIpc) is 2.96.